The van der Waals surface area contributed by atoms with Gasteiger partial charge in [0.1, 0.15) is 11.4 Å². The molecule has 1 aliphatic rings. The number of carbonyl (C=O) groups is 1. The number of aliphatic hydroxyl groups is 2. The fourth-order valence-corrected chi connectivity index (χ4v) is 3.93. The topological polar surface area (TPSA) is 90.6 Å². The maximum Gasteiger partial charge on any atom is 0.436 e. The zero-order valence-electron chi connectivity index (χ0n) is 17.8. The van der Waals surface area contributed by atoms with E-state index in [1.54, 1.807) is 24.0 Å². The number of hydrogen-bond acceptors (Lipinski definition) is 5. The Morgan fingerprint density at radius 3 is 2.30 bits per heavy atom. The standard InChI is InChI=1S/C23H23F3N4O3/c1-14(16-7-9-17(10-8-16)22(32)33)27-20(31)18-19(23(24,25)26)28-30-12-11-29(21(18)30)13-15-5-3-2-4-6-15/h2-10,14,22,32-33H,11-13H2,1H3,(H,27,31)/t14-/m0/s1. The van der Waals surface area contributed by atoms with Crippen LogP contribution in [0, 0.1) is 0 Å². The van der Waals surface area contributed by atoms with Crippen LogP contribution in [0.25, 0.3) is 0 Å². The molecular formula is C23H23F3N4O3. The van der Waals surface area contributed by atoms with Crippen molar-refractivity contribution in [2.45, 2.75) is 38.5 Å². The fraction of sp³-hybridized carbons (Fsp3) is 0.304. The van der Waals surface area contributed by atoms with Gasteiger partial charge in [-0.2, -0.15) is 18.3 Å². The lowest BCUT2D eigenvalue weighted by Gasteiger charge is -2.21. The SMILES string of the molecule is C[C@H](NC(=O)c1c(C(F)(F)F)nn2c1N(Cc1ccccc1)CC2)c1ccc(C(O)O)cc1. The van der Waals surface area contributed by atoms with E-state index in [0.717, 1.165) is 5.56 Å². The second kappa shape index (κ2) is 8.87. The molecule has 33 heavy (non-hydrogen) atoms. The number of fused-ring (bicyclic) bond motifs is 1. The molecule has 0 radical (unpaired) electrons. The number of rotatable bonds is 6. The molecular weight excluding hydrogens is 437 g/mol. The maximum absolute atomic E-state index is 13.8. The number of hydrogen-bond donors (Lipinski definition) is 3. The van der Waals surface area contributed by atoms with Gasteiger partial charge in [-0.15, -0.1) is 0 Å². The van der Waals surface area contributed by atoms with Crippen molar-refractivity contribution in [2.24, 2.45) is 0 Å². The summed E-state index contributed by atoms with van der Waals surface area (Å²) < 4.78 is 42.6. The minimum absolute atomic E-state index is 0.148. The van der Waals surface area contributed by atoms with E-state index in [1.165, 1.54) is 16.8 Å². The zero-order chi connectivity index (χ0) is 23.8. The van der Waals surface area contributed by atoms with Gasteiger partial charge in [0, 0.05) is 18.7 Å². The predicted molar refractivity (Wildman–Crippen MR) is 114 cm³/mol. The van der Waals surface area contributed by atoms with Gasteiger partial charge in [0.15, 0.2) is 12.0 Å². The molecule has 3 aromatic rings. The third-order valence-corrected chi connectivity index (χ3v) is 5.60. The molecule has 7 nitrogen and oxygen atoms in total. The Morgan fingerprint density at radius 1 is 1.06 bits per heavy atom. The Labute approximate surface area is 188 Å². The molecule has 0 spiro atoms. The first-order valence-corrected chi connectivity index (χ1v) is 10.4. The molecule has 0 saturated carbocycles. The van der Waals surface area contributed by atoms with Crippen LogP contribution in [0.4, 0.5) is 19.0 Å². The molecule has 2 heterocycles. The highest BCUT2D eigenvalue weighted by atomic mass is 19.4. The molecule has 174 valence electrons. The van der Waals surface area contributed by atoms with Crippen molar-refractivity contribution in [3.63, 3.8) is 0 Å². The van der Waals surface area contributed by atoms with Crippen molar-refractivity contribution < 1.29 is 28.2 Å². The number of nitrogens with zero attached hydrogens (tertiary/aromatic N) is 3. The van der Waals surface area contributed by atoms with Gasteiger partial charge in [-0.05, 0) is 18.1 Å². The van der Waals surface area contributed by atoms with E-state index in [-0.39, 0.29) is 17.9 Å². The Kier molecular flexibility index (Phi) is 6.13. The van der Waals surface area contributed by atoms with Crippen molar-refractivity contribution >= 4 is 11.7 Å². The molecule has 0 aliphatic carbocycles. The summed E-state index contributed by atoms with van der Waals surface area (Å²) in [4.78, 5) is 14.8. The first-order chi connectivity index (χ1) is 15.6. The maximum atomic E-state index is 13.8. The number of aliphatic hydroxyl groups excluding tert-OH is 1. The van der Waals surface area contributed by atoms with Crippen LogP contribution in [0.3, 0.4) is 0 Å². The molecule has 10 heteroatoms. The largest absolute Gasteiger partial charge is 0.436 e. The lowest BCUT2D eigenvalue weighted by molar-refractivity contribution is -0.141. The van der Waals surface area contributed by atoms with E-state index < -0.39 is 35.7 Å². The van der Waals surface area contributed by atoms with E-state index in [9.17, 15) is 28.2 Å². The number of aromatic nitrogens is 2. The fourth-order valence-electron chi connectivity index (χ4n) is 3.93. The molecule has 1 amide bonds. The Balaban J connectivity index is 1.63. The number of amides is 1. The highest BCUT2D eigenvalue weighted by Gasteiger charge is 2.44. The summed E-state index contributed by atoms with van der Waals surface area (Å²) in [5.41, 5.74) is 0.0735. The highest BCUT2D eigenvalue weighted by molar-refractivity contribution is 6.01. The van der Waals surface area contributed by atoms with Gasteiger partial charge < -0.3 is 20.4 Å². The number of benzene rings is 2. The molecule has 0 bridgehead atoms. The average molecular weight is 460 g/mol. The molecule has 0 saturated heterocycles. The zero-order valence-corrected chi connectivity index (χ0v) is 17.8. The van der Waals surface area contributed by atoms with Crippen LogP contribution in [0.5, 0.6) is 0 Å². The van der Waals surface area contributed by atoms with Crippen LogP contribution < -0.4 is 10.2 Å². The number of nitrogens with one attached hydrogen (secondary N) is 1. The van der Waals surface area contributed by atoms with Gasteiger partial charge in [0.25, 0.3) is 5.91 Å². The van der Waals surface area contributed by atoms with Gasteiger partial charge in [-0.1, -0.05) is 54.6 Å². The molecule has 0 fully saturated rings. The van der Waals surface area contributed by atoms with Gasteiger partial charge in [-0.25, -0.2) is 4.68 Å². The Morgan fingerprint density at radius 2 is 1.70 bits per heavy atom. The normalized spacial score (nSPS) is 14.5. The molecule has 1 atom stereocenters. The van der Waals surface area contributed by atoms with E-state index in [0.29, 0.717) is 18.7 Å². The Hall–Kier alpha value is -3.37. The first-order valence-electron chi connectivity index (χ1n) is 10.4. The third kappa shape index (κ3) is 4.71. The van der Waals surface area contributed by atoms with Crippen molar-refractivity contribution in [2.75, 3.05) is 11.4 Å². The van der Waals surface area contributed by atoms with Crippen LogP contribution in [0.15, 0.2) is 54.6 Å². The quantitative estimate of drug-likeness (QED) is 0.491. The number of anilines is 1. The van der Waals surface area contributed by atoms with Gasteiger partial charge in [0.05, 0.1) is 12.6 Å². The number of halogens is 3. The van der Waals surface area contributed by atoms with Gasteiger partial charge in [-0.3, -0.25) is 4.79 Å². The second-order valence-electron chi connectivity index (χ2n) is 7.91. The monoisotopic (exact) mass is 460 g/mol. The molecule has 1 aromatic heterocycles. The van der Waals surface area contributed by atoms with Crippen LogP contribution in [-0.2, 0) is 19.3 Å². The summed E-state index contributed by atoms with van der Waals surface area (Å²) in [7, 11) is 0. The number of alkyl halides is 3. The summed E-state index contributed by atoms with van der Waals surface area (Å²) in [5.74, 6) is -0.725. The van der Waals surface area contributed by atoms with Crippen LogP contribution in [0.1, 0.15) is 52.0 Å². The third-order valence-electron chi connectivity index (χ3n) is 5.60. The summed E-state index contributed by atoms with van der Waals surface area (Å²) in [6.07, 6.45) is -6.42. The van der Waals surface area contributed by atoms with Crippen LogP contribution in [0.2, 0.25) is 0 Å². The summed E-state index contributed by atoms with van der Waals surface area (Å²) in [6, 6.07) is 14.8. The summed E-state index contributed by atoms with van der Waals surface area (Å²) in [6.45, 7) is 2.68. The van der Waals surface area contributed by atoms with Crippen molar-refractivity contribution in [1.82, 2.24) is 15.1 Å². The summed E-state index contributed by atoms with van der Waals surface area (Å²) in [5, 5.41) is 24.8. The Bertz CT molecular complexity index is 1130. The van der Waals surface area contributed by atoms with Gasteiger partial charge in [0.2, 0.25) is 0 Å². The van der Waals surface area contributed by atoms with Crippen molar-refractivity contribution in [1.29, 1.82) is 0 Å². The van der Waals surface area contributed by atoms with E-state index in [1.807, 2.05) is 30.3 Å². The molecule has 0 unspecified atom stereocenters. The van der Waals surface area contributed by atoms with Gasteiger partial charge >= 0.3 is 6.18 Å². The average Bonchev–Trinajstić information content (AvgIpc) is 3.34. The molecule has 4 rings (SSSR count). The summed E-state index contributed by atoms with van der Waals surface area (Å²) >= 11 is 0. The lowest BCUT2D eigenvalue weighted by atomic mass is 10.0. The van der Waals surface area contributed by atoms with E-state index in [4.69, 9.17) is 0 Å². The number of carbonyl (C=O) groups excluding carboxylic acids is 1. The predicted octanol–water partition coefficient (Wildman–Crippen LogP) is 3.40. The smallest absolute Gasteiger partial charge is 0.364 e. The van der Waals surface area contributed by atoms with E-state index in [2.05, 4.69) is 10.4 Å². The van der Waals surface area contributed by atoms with Crippen LogP contribution in [-0.4, -0.2) is 32.4 Å². The molecule has 1 aliphatic heterocycles. The molecule has 3 N–H and O–H groups in total. The highest BCUT2D eigenvalue weighted by Crippen LogP contribution is 2.38. The minimum atomic E-state index is -4.79. The van der Waals surface area contributed by atoms with Crippen LogP contribution >= 0.6 is 0 Å². The first kappa shape index (κ1) is 22.8. The van der Waals surface area contributed by atoms with Crippen molar-refractivity contribution in [3.8, 4) is 0 Å². The van der Waals surface area contributed by atoms with Crippen molar-refractivity contribution in [3.05, 3.63) is 82.5 Å². The minimum Gasteiger partial charge on any atom is -0.364 e. The van der Waals surface area contributed by atoms with E-state index >= 15 is 0 Å². The lowest BCUT2D eigenvalue weighted by Crippen LogP contribution is -2.31. The second-order valence-corrected chi connectivity index (χ2v) is 7.91. The molecule has 2 aromatic carbocycles.